The van der Waals surface area contributed by atoms with Crippen molar-refractivity contribution in [3.8, 4) is 5.88 Å². The molecule has 108 valence electrons. The number of aliphatic imine (C=N–C) groups is 1. The lowest BCUT2D eigenvalue weighted by atomic mass is 10.3. The topological polar surface area (TPSA) is 58.5 Å². The average Bonchev–Trinajstić information content (AvgIpc) is 2.43. The van der Waals surface area contributed by atoms with E-state index in [1.165, 1.54) is 0 Å². The largest absolute Gasteiger partial charge is 0.481 e. The molecule has 7 heteroatoms. The molecule has 0 unspecified atom stereocenters. The van der Waals surface area contributed by atoms with Crippen LogP contribution in [0.1, 0.15) is 5.56 Å². The van der Waals surface area contributed by atoms with Gasteiger partial charge in [0.1, 0.15) is 0 Å². The van der Waals surface area contributed by atoms with E-state index in [2.05, 4.69) is 26.9 Å². The summed E-state index contributed by atoms with van der Waals surface area (Å²) in [7, 11) is 3.37. The Labute approximate surface area is 136 Å². The van der Waals surface area contributed by atoms with Gasteiger partial charge >= 0.3 is 0 Å². The summed E-state index contributed by atoms with van der Waals surface area (Å²) >= 11 is 1.80. The van der Waals surface area contributed by atoms with Gasteiger partial charge in [-0.2, -0.15) is 11.8 Å². The Morgan fingerprint density at radius 1 is 1.42 bits per heavy atom. The van der Waals surface area contributed by atoms with Crippen molar-refractivity contribution in [3.05, 3.63) is 23.9 Å². The molecular formula is C12H21IN4OS. The van der Waals surface area contributed by atoms with Crippen molar-refractivity contribution in [2.75, 3.05) is 32.7 Å². The zero-order chi connectivity index (χ0) is 13.2. The smallest absolute Gasteiger partial charge is 0.212 e. The van der Waals surface area contributed by atoms with E-state index in [0.717, 1.165) is 23.8 Å². The highest BCUT2D eigenvalue weighted by molar-refractivity contribution is 14.0. The fourth-order valence-corrected chi connectivity index (χ4v) is 1.62. The van der Waals surface area contributed by atoms with Crippen LogP contribution < -0.4 is 15.4 Å². The van der Waals surface area contributed by atoms with Crippen molar-refractivity contribution < 1.29 is 4.74 Å². The zero-order valence-corrected chi connectivity index (χ0v) is 14.6. The van der Waals surface area contributed by atoms with Crippen molar-refractivity contribution in [1.82, 2.24) is 15.6 Å². The monoisotopic (exact) mass is 396 g/mol. The number of nitrogens with one attached hydrogen (secondary N) is 2. The molecule has 0 aromatic carbocycles. The van der Waals surface area contributed by atoms with E-state index in [1.54, 1.807) is 32.1 Å². The van der Waals surface area contributed by atoms with Crippen molar-refractivity contribution in [2.24, 2.45) is 4.99 Å². The maximum atomic E-state index is 5.01. The normalized spacial score (nSPS) is 10.6. The summed E-state index contributed by atoms with van der Waals surface area (Å²) in [6, 6.07) is 3.83. The Kier molecular flexibility index (Phi) is 10.7. The molecule has 0 fully saturated rings. The van der Waals surface area contributed by atoms with Gasteiger partial charge in [0, 0.05) is 38.2 Å². The number of ether oxygens (including phenoxy) is 1. The minimum Gasteiger partial charge on any atom is -0.481 e. The molecule has 0 aliphatic heterocycles. The molecule has 0 aliphatic rings. The van der Waals surface area contributed by atoms with Crippen LogP contribution in [-0.2, 0) is 6.54 Å². The molecule has 19 heavy (non-hydrogen) atoms. The lowest BCUT2D eigenvalue weighted by molar-refractivity contribution is 0.397. The summed E-state index contributed by atoms with van der Waals surface area (Å²) in [6.45, 7) is 1.59. The quantitative estimate of drug-likeness (QED) is 0.332. The number of hydrogen-bond acceptors (Lipinski definition) is 4. The summed E-state index contributed by atoms with van der Waals surface area (Å²) in [4.78, 5) is 8.30. The Hall–Kier alpha value is -0.700. The van der Waals surface area contributed by atoms with Crippen LogP contribution in [0.25, 0.3) is 0 Å². The SMILES string of the molecule is CN=C(NCCSC)NCc1ccc(OC)nc1.I. The Morgan fingerprint density at radius 2 is 2.21 bits per heavy atom. The number of thioether (sulfide) groups is 1. The first kappa shape index (κ1) is 18.3. The second-order valence-electron chi connectivity index (χ2n) is 3.55. The molecule has 1 aromatic heterocycles. The van der Waals surface area contributed by atoms with Gasteiger partial charge in [0.2, 0.25) is 5.88 Å². The van der Waals surface area contributed by atoms with Gasteiger partial charge < -0.3 is 15.4 Å². The van der Waals surface area contributed by atoms with Crippen LogP contribution in [0.15, 0.2) is 23.3 Å². The van der Waals surface area contributed by atoms with Gasteiger partial charge in [0.05, 0.1) is 7.11 Å². The van der Waals surface area contributed by atoms with Crippen molar-refractivity contribution in [1.29, 1.82) is 0 Å². The van der Waals surface area contributed by atoms with Crippen LogP contribution in [0.4, 0.5) is 0 Å². The first-order chi connectivity index (χ1) is 8.80. The predicted octanol–water partition coefficient (Wildman–Crippen LogP) is 1.74. The summed E-state index contributed by atoms with van der Waals surface area (Å²) in [6.07, 6.45) is 3.88. The number of pyridine rings is 1. The molecule has 2 N–H and O–H groups in total. The summed E-state index contributed by atoms with van der Waals surface area (Å²) in [5, 5.41) is 6.47. The Bertz CT molecular complexity index is 372. The van der Waals surface area contributed by atoms with Crippen LogP contribution in [0.2, 0.25) is 0 Å². The van der Waals surface area contributed by atoms with Crippen LogP contribution in [0, 0.1) is 0 Å². The molecule has 0 radical (unpaired) electrons. The highest BCUT2D eigenvalue weighted by Gasteiger charge is 1.98. The Balaban J connectivity index is 0.00000324. The maximum Gasteiger partial charge on any atom is 0.212 e. The predicted molar refractivity (Wildman–Crippen MR) is 92.8 cm³/mol. The van der Waals surface area contributed by atoms with Gasteiger partial charge in [-0.1, -0.05) is 6.07 Å². The first-order valence-electron chi connectivity index (χ1n) is 5.72. The fraction of sp³-hybridized carbons (Fsp3) is 0.500. The molecule has 0 saturated heterocycles. The molecule has 0 spiro atoms. The summed E-state index contributed by atoms with van der Waals surface area (Å²) < 4.78 is 5.01. The van der Waals surface area contributed by atoms with E-state index in [9.17, 15) is 0 Å². The number of rotatable bonds is 6. The lowest BCUT2D eigenvalue weighted by Crippen LogP contribution is -2.37. The van der Waals surface area contributed by atoms with Crippen LogP contribution in [0.3, 0.4) is 0 Å². The van der Waals surface area contributed by atoms with E-state index in [1.807, 2.05) is 12.1 Å². The van der Waals surface area contributed by atoms with Crippen molar-refractivity contribution >= 4 is 41.7 Å². The number of hydrogen-bond donors (Lipinski definition) is 2. The number of halogens is 1. The van der Waals surface area contributed by atoms with Gasteiger partial charge in [-0.05, 0) is 11.8 Å². The molecule has 0 atom stereocenters. The van der Waals surface area contributed by atoms with E-state index >= 15 is 0 Å². The standard InChI is InChI=1S/C12H20N4OS.HI/c1-13-12(14-6-7-18-3)16-9-10-4-5-11(17-2)15-8-10;/h4-5,8H,6-7,9H2,1-3H3,(H2,13,14,16);1H. The highest BCUT2D eigenvalue weighted by Crippen LogP contribution is 2.05. The lowest BCUT2D eigenvalue weighted by Gasteiger charge is -2.11. The molecule has 5 nitrogen and oxygen atoms in total. The van der Waals surface area contributed by atoms with E-state index in [-0.39, 0.29) is 24.0 Å². The van der Waals surface area contributed by atoms with Crippen LogP contribution >= 0.6 is 35.7 Å². The molecule has 1 heterocycles. The average molecular weight is 396 g/mol. The second kappa shape index (κ2) is 11.2. The van der Waals surface area contributed by atoms with Gasteiger partial charge in [-0.3, -0.25) is 4.99 Å². The van der Waals surface area contributed by atoms with E-state index in [0.29, 0.717) is 12.4 Å². The van der Waals surface area contributed by atoms with Crippen molar-refractivity contribution in [3.63, 3.8) is 0 Å². The third kappa shape index (κ3) is 7.46. The van der Waals surface area contributed by atoms with Gasteiger partial charge in [0.15, 0.2) is 5.96 Å². The molecule has 0 amide bonds. The maximum absolute atomic E-state index is 5.01. The van der Waals surface area contributed by atoms with Crippen LogP contribution in [0.5, 0.6) is 5.88 Å². The first-order valence-corrected chi connectivity index (χ1v) is 7.12. The molecule has 1 aromatic rings. The van der Waals surface area contributed by atoms with Gasteiger partial charge in [-0.25, -0.2) is 4.98 Å². The minimum atomic E-state index is 0. The third-order valence-corrected chi connectivity index (χ3v) is 2.90. The van der Waals surface area contributed by atoms with E-state index in [4.69, 9.17) is 4.74 Å². The molecule has 1 rings (SSSR count). The zero-order valence-electron chi connectivity index (χ0n) is 11.5. The minimum absolute atomic E-state index is 0. The highest BCUT2D eigenvalue weighted by atomic mass is 127. The van der Waals surface area contributed by atoms with Gasteiger partial charge in [-0.15, -0.1) is 24.0 Å². The number of aromatic nitrogens is 1. The molecule has 0 bridgehead atoms. The summed E-state index contributed by atoms with van der Waals surface area (Å²) in [5.74, 6) is 2.49. The molecule has 0 aliphatic carbocycles. The van der Waals surface area contributed by atoms with Crippen molar-refractivity contribution in [2.45, 2.75) is 6.54 Å². The summed E-state index contributed by atoms with van der Waals surface area (Å²) in [5.41, 5.74) is 1.09. The van der Waals surface area contributed by atoms with Gasteiger partial charge in [0.25, 0.3) is 0 Å². The Morgan fingerprint density at radius 3 is 2.74 bits per heavy atom. The molecule has 0 saturated carbocycles. The van der Waals surface area contributed by atoms with Crippen LogP contribution in [-0.4, -0.2) is 43.7 Å². The van der Waals surface area contributed by atoms with E-state index < -0.39 is 0 Å². The third-order valence-electron chi connectivity index (χ3n) is 2.29. The number of guanidine groups is 1. The molecular weight excluding hydrogens is 375 g/mol. The number of nitrogens with zero attached hydrogens (tertiary/aromatic N) is 2. The fourth-order valence-electron chi connectivity index (χ4n) is 1.31. The number of methoxy groups -OCH3 is 1. The second-order valence-corrected chi connectivity index (χ2v) is 4.54.